The van der Waals surface area contributed by atoms with Gasteiger partial charge in [0.2, 0.25) is 0 Å². The summed E-state index contributed by atoms with van der Waals surface area (Å²) in [6.45, 7) is 6.47. The van der Waals surface area contributed by atoms with Crippen LogP contribution in [0.1, 0.15) is 323 Å². The summed E-state index contributed by atoms with van der Waals surface area (Å²) in [5, 5.41) is 0. The quantitative estimate of drug-likeness (QED) is 0.0261. The van der Waals surface area contributed by atoms with Gasteiger partial charge < -0.3 is 14.2 Å². The lowest BCUT2D eigenvalue weighted by Crippen LogP contribution is -2.30. The molecule has 82 heavy (non-hydrogen) atoms. The lowest BCUT2D eigenvalue weighted by atomic mass is 10.0. The highest BCUT2D eigenvalue weighted by atomic mass is 16.6. The van der Waals surface area contributed by atoms with Gasteiger partial charge in [-0.1, -0.05) is 296 Å². The van der Waals surface area contributed by atoms with Gasteiger partial charge in [0.1, 0.15) is 13.2 Å². The molecule has 0 aromatic heterocycles. The molecule has 0 aromatic rings. The molecule has 0 spiro atoms. The third-order valence-electron chi connectivity index (χ3n) is 14.7. The zero-order chi connectivity index (χ0) is 59.2. The summed E-state index contributed by atoms with van der Waals surface area (Å²) in [6, 6.07) is 0. The first-order chi connectivity index (χ1) is 40.5. The SMILES string of the molecule is CC/C=C\C/C=C\C/C=C\C/C=C\C/C=C\C/C=C\CCCCCCCCCCCCCCC(=O)OCC(COC(=O)CCCCCCC/C=C\C/C=C\CCCC)OC(=O)CCCCCCCCCCC/C=C\C/C=C\CCCCC. The van der Waals surface area contributed by atoms with Crippen LogP contribution in [0.5, 0.6) is 0 Å². The van der Waals surface area contributed by atoms with Gasteiger partial charge in [0.05, 0.1) is 0 Å². The Hall–Kier alpha value is -4.19. The van der Waals surface area contributed by atoms with Gasteiger partial charge in [0.25, 0.3) is 0 Å². The number of ether oxygens (including phenoxy) is 3. The number of rotatable bonds is 62. The smallest absolute Gasteiger partial charge is 0.306 e. The summed E-state index contributed by atoms with van der Waals surface area (Å²) < 4.78 is 17.0. The monoisotopic (exact) mass is 1140 g/mol. The van der Waals surface area contributed by atoms with E-state index in [1.165, 1.54) is 154 Å². The Morgan fingerprint density at radius 2 is 0.488 bits per heavy atom. The summed E-state index contributed by atoms with van der Waals surface area (Å²) in [4.78, 5) is 38.4. The van der Waals surface area contributed by atoms with Crippen molar-refractivity contribution in [2.45, 2.75) is 329 Å². The molecule has 0 rings (SSSR count). The van der Waals surface area contributed by atoms with E-state index in [-0.39, 0.29) is 31.1 Å². The Bertz CT molecular complexity index is 1690. The first kappa shape index (κ1) is 77.8. The van der Waals surface area contributed by atoms with E-state index < -0.39 is 6.10 Å². The Morgan fingerprint density at radius 3 is 0.780 bits per heavy atom. The number of hydrogen-bond acceptors (Lipinski definition) is 6. The van der Waals surface area contributed by atoms with Crippen LogP contribution in [-0.2, 0) is 28.6 Å². The molecule has 1 unspecified atom stereocenters. The van der Waals surface area contributed by atoms with Crippen LogP contribution in [0, 0.1) is 0 Å². The van der Waals surface area contributed by atoms with Crippen molar-refractivity contribution in [3.63, 3.8) is 0 Å². The van der Waals surface area contributed by atoms with Crippen LogP contribution in [0.3, 0.4) is 0 Å². The fourth-order valence-electron chi connectivity index (χ4n) is 9.49. The second kappa shape index (κ2) is 69.3. The lowest BCUT2D eigenvalue weighted by molar-refractivity contribution is -0.167. The molecule has 1 atom stereocenters. The third kappa shape index (κ3) is 66.6. The van der Waals surface area contributed by atoms with Gasteiger partial charge in [0, 0.05) is 19.3 Å². The van der Waals surface area contributed by atoms with E-state index in [0.717, 1.165) is 128 Å². The highest BCUT2D eigenvalue weighted by Crippen LogP contribution is 2.16. The molecule has 6 heteroatoms. The fourth-order valence-corrected chi connectivity index (χ4v) is 9.49. The van der Waals surface area contributed by atoms with Crippen molar-refractivity contribution >= 4 is 17.9 Å². The van der Waals surface area contributed by atoms with Crippen LogP contribution < -0.4 is 0 Å². The second-order valence-electron chi connectivity index (χ2n) is 22.7. The number of carbonyl (C=O) groups excluding carboxylic acids is 3. The predicted octanol–water partition coefficient (Wildman–Crippen LogP) is 23.9. The summed E-state index contributed by atoms with van der Waals surface area (Å²) in [7, 11) is 0. The molecule has 0 aliphatic rings. The van der Waals surface area contributed by atoms with Crippen LogP contribution in [0.15, 0.2) is 122 Å². The summed E-state index contributed by atoms with van der Waals surface area (Å²) in [6.07, 6.45) is 96.4. The Labute approximate surface area is 507 Å². The number of carbonyl (C=O) groups is 3. The van der Waals surface area contributed by atoms with Crippen molar-refractivity contribution in [1.29, 1.82) is 0 Å². The van der Waals surface area contributed by atoms with Crippen LogP contribution in [0.2, 0.25) is 0 Å². The van der Waals surface area contributed by atoms with E-state index in [4.69, 9.17) is 14.2 Å². The van der Waals surface area contributed by atoms with Gasteiger partial charge in [-0.15, -0.1) is 0 Å². The van der Waals surface area contributed by atoms with Crippen LogP contribution in [-0.4, -0.2) is 37.2 Å². The molecule has 0 aromatic carbocycles. The molecule has 0 saturated carbocycles. The van der Waals surface area contributed by atoms with Crippen molar-refractivity contribution < 1.29 is 28.6 Å². The molecular weight excluding hydrogens is 1010 g/mol. The predicted molar refractivity (Wildman–Crippen MR) is 357 cm³/mol. The molecule has 6 nitrogen and oxygen atoms in total. The number of esters is 3. The Balaban J connectivity index is 4.29. The maximum Gasteiger partial charge on any atom is 0.306 e. The van der Waals surface area contributed by atoms with Gasteiger partial charge in [-0.25, -0.2) is 0 Å². The summed E-state index contributed by atoms with van der Waals surface area (Å²) >= 11 is 0. The fraction of sp³-hybridized carbons (Fsp3) is 0.697. The molecule has 468 valence electrons. The van der Waals surface area contributed by atoms with E-state index in [1.807, 2.05) is 0 Å². The minimum absolute atomic E-state index is 0.0856. The minimum Gasteiger partial charge on any atom is -0.462 e. The largest absolute Gasteiger partial charge is 0.462 e. The van der Waals surface area contributed by atoms with Gasteiger partial charge in [0.15, 0.2) is 6.10 Å². The van der Waals surface area contributed by atoms with E-state index in [0.29, 0.717) is 19.3 Å². The summed E-state index contributed by atoms with van der Waals surface area (Å²) in [5.74, 6) is -0.896. The zero-order valence-electron chi connectivity index (χ0n) is 53.7. The first-order valence-corrected chi connectivity index (χ1v) is 34.5. The molecule has 0 N–H and O–H groups in total. The second-order valence-corrected chi connectivity index (χ2v) is 22.7. The maximum atomic E-state index is 12.9. The van der Waals surface area contributed by atoms with Gasteiger partial charge >= 0.3 is 17.9 Å². The van der Waals surface area contributed by atoms with E-state index in [2.05, 4.69) is 142 Å². The van der Waals surface area contributed by atoms with Crippen molar-refractivity contribution in [2.75, 3.05) is 13.2 Å². The van der Waals surface area contributed by atoms with Gasteiger partial charge in [-0.05, 0) is 128 Å². The summed E-state index contributed by atoms with van der Waals surface area (Å²) in [5.41, 5.74) is 0. The topological polar surface area (TPSA) is 78.9 Å². The maximum absolute atomic E-state index is 12.9. The van der Waals surface area contributed by atoms with Crippen LogP contribution >= 0.6 is 0 Å². The standard InChI is InChI=1S/C76H128O6/c1-4-7-10-13-16-19-22-25-28-30-32-33-34-35-36-37-38-39-40-41-42-43-45-46-48-51-54-57-60-63-66-69-75(78)81-72-73(71-80-74(77)68-65-62-59-56-53-50-27-24-21-18-15-12-9-6-3)82-76(79)70-67-64-61-58-55-52-49-47-44-31-29-26-23-20-17-14-11-8-5-2/h7,10,15-20,24-29,32-33,35-36,38-39,73H,4-6,8-9,11-14,21-23,30-31,34,37,40-72H2,1-3H3/b10-7-,18-15-,19-16-,20-17-,27-24-,28-25-,29-26-,33-32-,36-35-,39-38-. The highest BCUT2D eigenvalue weighted by molar-refractivity contribution is 5.71. The first-order valence-electron chi connectivity index (χ1n) is 34.5. The van der Waals surface area contributed by atoms with Crippen molar-refractivity contribution in [3.8, 4) is 0 Å². The molecular formula is C76H128O6. The third-order valence-corrected chi connectivity index (χ3v) is 14.7. The molecule has 0 aliphatic carbocycles. The average molecular weight is 1140 g/mol. The van der Waals surface area contributed by atoms with E-state index >= 15 is 0 Å². The minimum atomic E-state index is -0.790. The molecule has 0 aliphatic heterocycles. The molecule has 0 amide bonds. The Kier molecular flexibility index (Phi) is 65.8. The van der Waals surface area contributed by atoms with Gasteiger partial charge in [-0.3, -0.25) is 14.4 Å². The van der Waals surface area contributed by atoms with E-state index in [9.17, 15) is 14.4 Å². The number of allylic oxidation sites excluding steroid dienone is 20. The lowest BCUT2D eigenvalue weighted by Gasteiger charge is -2.18. The number of hydrogen-bond donors (Lipinski definition) is 0. The van der Waals surface area contributed by atoms with E-state index in [1.54, 1.807) is 0 Å². The normalized spacial score (nSPS) is 12.9. The molecule has 0 heterocycles. The Morgan fingerprint density at radius 1 is 0.256 bits per heavy atom. The molecule has 0 bridgehead atoms. The molecule has 0 radical (unpaired) electrons. The highest BCUT2D eigenvalue weighted by Gasteiger charge is 2.19. The van der Waals surface area contributed by atoms with Crippen LogP contribution in [0.4, 0.5) is 0 Å². The average Bonchev–Trinajstić information content (AvgIpc) is 3.47. The van der Waals surface area contributed by atoms with Gasteiger partial charge in [-0.2, -0.15) is 0 Å². The zero-order valence-corrected chi connectivity index (χ0v) is 53.7. The van der Waals surface area contributed by atoms with Crippen LogP contribution in [0.25, 0.3) is 0 Å². The van der Waals surface area contributed by atoms with Crippen molar-refractivity contribution in [2.24, 2.45) is 0 Å². The number of unbranched alkanes of at least 4 members (excludes halogenated alkanes) is 31. The van der Waals surface area contributed by atoms with Crippen molar-refractivity contribution in [3.05, 3.63) is 122 Å². The van der Waals surface area contributed by atoms with Crippen molar-refractivity contribution in [1.82, 2.24) is 0 Å². The molecule has 0 fully saturated rings. The molecule has 0 saturated heterocycles.